The topological polar surface area (TPSA) is 62.2 Å². The van der Waals surface area contributed by atoms with Gasteiger partial charge in [-0.2, -0.15) is 0 Å². The number of nitrogens with one attached hydrogen (secondary N) is 1. The van der Waals surface area contributed by atoms with Gasteiger partial charge in [-0.05, 0) is 35.0 Å². The summed E-state index contributed by atoms with van der Waals surface area (Å²) in [7, 11) is 0. The molecule has 0 unspecified atom stereocenters. The number of halogens is 1. The van der Waals surface area contributed by atoms with Gasteiger partial charge >= 0.3 is 6.09 Å². The molecule has 2 N–H and O–H groups in total. The third-order valence-corrected chi connectivity index (χ3v) is 1.74. The van der Waals surface area contributed by atoms with Crippen molar-refractivity contribution in [1.82, 2.24) is 4.98 Å². The molecule has 0 aliphatic heterocycles. The Morgan fingerprint density at radius 2 is 2.33 bits per heavy atom. The number of aromatic nitrogens is 1. The lowest BCUT2D eigenvalue weighted by Crippen LogP contribution is -2.08. The molecule has 0 spiro atoms. The first-order chi connectivity index (χ1) is 5.59. The van der Waals surface area contributed by atoms with Crippen LogP contribution in [0.15, 0.2) is 16.7 Å². The van der Waals surface area contributed by atoms with Crippen LogP contribution >= 0.6 is 15.9 Å². The zero-order valence-electron chi connectivity index (χ0n) is 6.34. The molecule has 0 radical (unpaired) electrons. The largest absolute Gasteiger partial charge is 0.465 e. The molecule has 0 bridgehead atoms. The van der Waals surface area contributed by atoms with Gasteiger partial charge in [-0.25, -0.2) is 9.78 Å². The minimum atomic E-state index is -1.08. The van der Waals surface area contributed by atoms with Crippen LogP contribution in [-0.2, 0) is 0 Å². The second-order valence-electron chi connectivity index (χ2n) is 2.20. The van der Waals surface area contributed by atoms with Crippen LogP contribution < -0.4 is 5.32 Å². The van der Waals surface area contributed by atoms with Crippen LogP contribution in [-0.4, -0.2) is 16.2 Å². The van der Waals surface area contributed by atoms with Gasteiger partial charge in [0, 0.05) is 0 Å². The van der Waals surface area contributed by atoms with E-state index in [4.69, 9.17) is 5.11 Å². The molecule has 0 atom stereocenters. The van der Waals surface area contributed by atoms with Crippen LogP contribution in [0.3, 0.4) is 0 Å². The fourth-order valence-electron chi connectivity index (χ4n) is 0.778. The molecule has 1 aromatic heterocycles. The number of hydrogen-bond acceptors (Lipinski definition) is 2. The predicted molar refractivity (Wildman–Crippen MR) is 48.3 cm³/mol. The lowest BCUT2D eigenvalue weighted by molar-refractivity contribution is 0.209. The maximum atomic E-state index is 10.3. The molecule has 12 heavy (non-hydrogen) atoms. The Hall–Kier alpha value is -1.10. The minimum Gasteiger partial charge on any atom is -0.465 e. The summed E-state index contributed by atoms with van der Waals surface area (Å²) in [5.41, 5.74) is 1.15. The summed E-state index contributed by atoms with van der Waals surface area (Å²) in [6, 6.07) is 3.33. The zero-order chi connectivity index (χ0) is 9.14. The summed E-state index contributed by atoms with van der Waals surface area (Å²) in [5.74, 6) is 0. The molecular formula is C7H7BrN2O2. The van der Waals surface area contributed by atoms with Crippen molar-refractivity contribution in [2.24, 2.45) is 0 Å². The molecule has 0 fully saturated rings. The number of aryl methyl sites for hydroxylation is 1. The molecule has 1 amide bonds. The first-order valence-corrected chi connectivity index (χ1v) is 4.02. The summed E-state index contributed by atoms with van der Waals surface area (Å²) in [6.45, 7) is 1.73. The van der Waals surface area contributed by atoms with Crippen LogP contribution in [0.25, 0.3) is 0 Å². The van der Waals surface area contributed by atoms with Gasteiger partial charge in [-0.3, -0.25) is 5.32 Å². The highest BCUT2D eigenvalue weighted by atomic mass is 79.9. The van der Waals surface area contributed by atoms with Crippen LogP contribution in [0, 0.1) is 6.92 Å². The second kappa shape index (κ2) is 3.53. The van der Waals surface area contributed by atoms with Crippen LogP contribution in [0.1, 0.15) is 5.69 Å². The number of carbonyl (C=O) groups is 1. The Balaban J connectivity index is 2.93. The normalized spacial score (nSPS) is 9.50. The molecule has 0 aliphatic rings. The number of anilines is 1. The van der Waals surface area contributed by atoms with Crippen molar-refractivity contribution >= 4 is 27.7 Å². The van der Waals surface area contributed by atoms with Crippen molar-refractivity contribution in [3.8, 4) is 0 Å². The van der Waals surface area contributed by atoms with E-state index >= 15 is 0 Å². The summed E-state index contributed by atoms with van der Waals surface area (Å²) in [4.78, 5) is 14.3. The highest BCUT2D eigenvalue weighted by Crippen LogP contribution is 2.15. The SMILES string of the molecule is Cc1nc(Br)ccc1NC(=O)O. The van der Waals surface area contributed by atoms with Crippen LogP contribution in [0.4, 0.5) is 10.5 Å². The van der Waals surface area contributed by atoms with Crippen molar-refractivity contribution in [3.63, 3.8) is 0 Å². The highest BCUT2D eigenvalue weighted by molar-refractivity contribution is 9.10. The number of pyridine rings is 1. The maximum Gasteiger partial charge on any atom is 0.409 e. The Bertz CT molecular complexity index is 314. The number of hydrogen-bond donors (Lipinski definition) is 2. The smallest absolute Gasteiger partial charge is 0.409 e. The van der Waals surface area contributed by atoms with Gasteiger partial charge in [-0.1, -0.05) is 0 Å². The van der Waals surface area contributed by atoms with Gasteiger partial charge in [0.2, 0.25) is 0 Å². The lowest BCUT2D eigenvalue weighted by Gasteiger charge is -2.03. The van der Waals surface area contributed by atoms with Gasteiger partial charge in [0.15, 0.2) is 0 Å². The van der Waals surface area contributed by atoms with E-state index < -0.39 is 6.09 Å². The van der Waals surface area contributed by atoms with Crippen LogP contribution in [0.5, 0.6) is 0 Å². The number of carboxylic acid groups (broad SMARTS) is 1. The van der Waals surface area contributed by atoms with E-state index in [-0.39, 0.29) is 0 Å². The number of amides is 1. The molecule has 0 aromatic carbocycles. The molecule has 1 heterocycles. The fraction of sp³-hybridized carbons (Fsp3) is 0.143. The van der Waals surface area contributed by atoms with E-state index in [1.54, 1.807) is 19.1 Å². The van der Waals surface area contributed by atoms with Crippen LogP contribution in [0.2, 0.25) is 0 Å². The average Bonchev–Trinajstić information content (AvgIpc) is 1.94. The third kappa shape index (κ3) is 2.20. The van der Waals surface area contributed by atoms with Gasteiger partial charge in [0.05, 0.1) is 11.4 Å². The van der Waals surface area contributed by atoms with Crippen molar-refractivity contribution in [2.45, 2.75) is 6.92 Å². The Kier molecular flexibility index (Phi) is 2.65. The molecule has 0 saturated carbocycles. The Labute approximate surface area is 77.8 Å². The highest BCUT2D eigenvalue weighted by Gasteiger charge is 2.02. The summed E-state index contributed by atoms with van der Waals surface area (Å²) in [5, 5.41) is 10.6. The average molecular weight is 231 g/mol. The van der Waals surface area contributed by atoms with E-state index in [9.17, 15) is 4.79 Å². The monoisotopic (exact) mass is 230 g/mol. The molecule has 5 heteroatoms. The summed E-state index contributed by atoms with van der Waals surface area (Å²) in [6.07, 6.45) is -1.08. The molecular weight excluding hydrogens is 224 g/mol. The zero-order valence-corrected chi connectivity index (χ0v) is 7.92. The van der Waals surface area contributed by atoms with E-state index in [1.165, 1.54) is 0 Å². The van der Waals surface area contributed by atoms with E-state index in [0.29, 0.717) is 16.0 Å². The molecule has 0 aliphatic carbocycles. The van der Waals surface area contributed by atoms with Gasteiger partial charge in [-0.15, -0.1) is 0 Å². The van der Waals surface area contributed by atoms with Crippen molar-refractivity contribution in [1.29, 1.82) is 0 Å². The van der Waals surface area contributed by atoms with Crippen molar-refractivity contribution in [2.75, 3.05) is 5.32 Å². The quantitative estimate of drug-likeness (QED) is 0.728. The Morgan fingerprint density at radius 3 is 2.83 bits per heavy atom. The number of rotatable bonds is 1. The van der Waals surface area contributed by atoms with Crippen molar-refractivity contribution in [3.05, 3.63) is 22.4 Å². The first-order valence-electron chi connectivity index (χ1n) is 3.22. The van der Waals surface area contributed by atoms with Gasteiger partial charge in [0.25, 0.3) is 0 Å². The predicted octanol–water partition coefficient (Wildman–Crippen LogP) is 2.24. The lowest BCUT2D eigenvalue weighted by atomic mass is 10.3. The van der Waals surface area contributed by atoms with Gasteiger partial charge < -0.3 is 5.11 Å². The van der Waals surface area contributed by atoms with E-state index in [1.807, 2.05) is 0 Å². The second-order valence-corrected chi connectivity index (χ2v) is 3.01. The standard InChI is InChI=1S/C7H7BrN2O2/c1-4-5(10-7(11)12)2-3-6(8)9-4/h2-3,10H,1H3,(H,11,12). The summed E-state index contributed by atoms with van der Waals surface area (Å²) < 4.78 is 0.691. The van der Waals surface area contributed by atoms with Gasteiger partial charge in [0.1, 0.15) is 4.60 Å². The molecule has 64 valence electrons. The maximum absolute atomic E-state index is 10.3. The molecule has 4 nitrogen and oxygen atoms in total. The molecule has 1 aromatic rings. The fourth-order valence-corrected chi connectivity index (χ4v) is 1.18. The summed E-state index contributed by atoms with van der Waals surface area (Å²) >= 11 is 3.18. The third-order valence-electron chi connectivity index (χ3n) is 1.29. The minimum absolute atomic E-state index is 0.505. The molecule has 0 saturated heterocycles. The van der Waals surface area contributed by atoms with E-state index in [0.717, 1.165) is 0 Å². The first kappa shape index (κ1) is 8.99. The Morgan fingerprint density at radius 1 is 1.67 bits per heavy atom. The number of nitrogens with zero attached hydrogens (tertiary/aromatic N) is 1. The molecule has 1 rings (SSSR count). The van der Waals surface area contributed by atoms with Crippen molar-refractivity contribution < 1.29 is 9.90 Å². The van der Waals surface area contributed by atoms with E-state index in [2.05, 4.69) is 26.2 Å².